The minimum absolute atomic E-state index is 0.0296. The number of carbonyl (C=O) groups excluding carboxylic acids is 1. The van der Waals surface area contributed by atoms with Gasteiger partial charge in [-0.25, -0.2) is 0 Å². The highest BCUT2D eigenvalue weighted by molar-refractivity contribution is 5.95. The average molecular weight is 220 g/mol. The lowest BCUT2D eigenvalue weighted by Crippen LogP contribution is -2.57. The van der Waals surface area contributed by atoms with Crippen LogP contribution in [0.5, 0.6) is 0 Å². The van der Waals surface area contributed by atoms with Crippen molar-refractivity contribution in [2.75, 3.05) is 20.1 Å². The van der Waals surface area contributed by atoms with E-state index < -0.39 is 0 Å². The molecular weight excluding hydrogens is 204 g/mol. The van der Waals surface area contributed by atoms with E-state index >= 15 is 0 Å². The Balaban J connectivity index is 2.22. The Hall–Kier alpha value is -1.49. The van der Waals surface area contributed by atoms with Crippen LogP contribution in [0.15, 0.2) is 6.07 Å². The average Bonchev–Trinajstić information content (AvgIpc) is 2.18. The van der Waals surface area contributed by atoms with E-state index in [0.717, 1.165) is 18.8 Å². The van der Waals surface area contributed by atoms with Gasteiger partial charge in [0, 0.05) is 20.1 Å². The zero-order valence-corrected chi connectivity index (χ0v) is 9.82. The second-order valence-electron chi connectivity index (χ2n) is 4.21. The number of aromatic nitrogens is 2. The molecule has 5 heteroatoms. The van der Waals surface area contributed by atoms with Crippen LogP contribution in [0.1, 0.15) is 21.7 Å². The van der Waals surface area contributed by atoms with Gasteiger partial charge in [0.2, 0.25) is 0 Å². The summed E-state index contributed by atoms with van der Waals surface area (Å²) in [6.45, 7) is 5.40. The van der Waals surface area contributed by atoms with Crippen molar-refractivity contribution >= 4 is 5.91 Å². The van der Waals surface area contributed by atoms with Crippen molar-refractivity contribution in [1.82, 2.24) is 20.4 Å². The first-order valence-corrected chi connectivity index (χ1v) is 5.38. The Bertz CT molecular complexity index is 414. The van der Waals surface area contributed by atoms with Gasteiger partial charge in [0.15, 0.2) is 0 Å². The molecule has 0 bridgehead atoms. The molecule has 0 spiro atoms. The molecule has 0 radical (unpaired) electrons. The third-order valence-electron chi connectivity index (χ3n) is 2.96. The molecular formula is C11H16N4O. The van der Waals surface area contributed by atoms with Crippen molar-refractivity contribution in [3.8, 4) is 0 Å². The first-order valence-electron chi connectivity index (χ1n) is 5.38. The maximum absolute atomic E-state index is 12.2. The van der Waals surface area contributed by atoms with Gasteiger partial charge in [-0.3, -0.25) is 4.79 Å². The molecule has 0 saturated carbocycles. The van der Waals surface area contributed by atoms with E-state index in [1.807, 2.05) is 20.9 Å². The van der Waals surface area contributed by atoms with E-state index in [4.69, 9.17) is 0 Å². The number of nitrogens with zero attached hydrogens (tertiary/aromatic N) is 3. The molecule has 0 aromatic carbocycles. The summed E-state index contributed by atoms with van der Waals surface area (Å²) in [5.41, 5.74) is 2.12. The molecule has 0 atom stereocenters. The SMILES string of the molecule is Cc1cc(C(=O)N(C)C2CNC2)c(C)nn1. The molecule has 1 aromatic heterocycles. The van der Waals surface area contributed by atoms with Crippen molar-refractivity contribution in [2.24, 2.45) is 0 Å². The third kappa shape index (κ3) is 1.90. The van der Waals surface area contributed by atoms with Gasteiger partial charge in [0.1, 0.15) is 0 Å². The molecule has 16 heavy (non-hydrogen) atoms. The molecule has 1 aromatic rings. The van der Waals surface area contributed by atoms with Gasteiger partial charge in [0.25, 0.3) is 5.91 Å². The number of aryl methyl sites for hydroxylation is 2. The Morgan fingerprint density at radius 1 is 1.44 bits per heavy atom. The molecule has 2 heterocycles. The molecule has 1 amide bonds. The quantitative estimate of drug-likeness (QED) is 0.770. The van der Waals surface area contributed by atoms with Crippen LogP contribution < -0.4 is 5.32 Å². The molecule has 5 nitrogen and oxygen atoms in total. The van der Waals surface area contributed by atoms with Gasteiger partial charge in [-0.05, 0) is 19.9 Å². The number of likely N-dealkylation sites (N-methyl/N-ethyl adjacent to an activating group) is 1. The van der Waals surface area contributed by atoms with Crippen molar-refractivity contribution in [3.63, 3.8) is 0 Å². The largest absolute Gasteiger partial charge is 0.336 e. The fourth-order valence-corrected chi connectivity index (χ4v) is 1.67. The van der Waals surface area contributed by atoms with Crippen molar-refractivity contribution in [3.05, 3.63) is 23.0 Å². The highest BCUT2D eigenvalue weighted by Gasteiger charge is 2.27. The lowest BCUT2D eigenvalue weighted by atomic mass is 10.1. The number of hydrogen-bond acceptors (Lipinski definition) is 4. The topological polar surface area (TPSA) is 58.1 Å². The summed E-state index contributed by atoms with van der Waals surface area (Å²) in [6, 6.07) is 2.10. The smallest absolute Gasteiger partial charge is 0.255 e. The summed E-state index contributed by atoms with van der Waals surface area (Å²) < 4.78 is 0. The van der Waals surface area contributed by atoms with Crippen LogP contribution in [0.4, 0.5) is 0 Å². The van der Waals surface area contributed by atoms with E-state index in [9.17, 15) is 4.79 Å². The van der Waals surface area contributed by atoms with Crippen molar-refractivity contribution in [1.29, 1.82) is 0 Å². The van der Waals surface area contributed by atoms with Crippen LogP contribution in [0.2, 0.25) is 0 Å². The fraction of sp³-hybridized carbons (Fsp3) is 0.545. The van der Waals surface area contributed by atoms with Gasteiger partial charge >= 0.3 is 0 Å². The van der Waals surface area contributed by atoms with Gasteiger partial charge < -0.3 is 10.2 Å². The predicted molar refractivity (Wildman–Crippen MR) is 60.3 cm³/mol. The van der Waals surface area contributed by atoms with Crippen LogP contribution in [0.25, 0.3) is 0 Å². The highest BCUT2D eigenvalue weighted by atomic mass is 16.2. The number of amides is 1. The molecule has 0 unspecified atom stereocenters. The second-order valence-corrected chi connectivity index (χ2v) is 4.21. The molecule has 0 aliphatic carbocycles. The number of rotatable bonds is 2. The molecule has 1 aliphatic heterocycles. The number of nitrogens with one attached hydrogen (secondary N) is 1. The Morgan fingerprint density at radius 3 is 2.69 bits per heavy atom. The van der Waals surface area contributed by atoms with E-state index in [0.29, 0.717) is 17.3 Å². The zero-order chi connectivity index (χ0) is 11.7. The fourth-order valence-electron chi connectivity index (χ4n) is 1.67. The Kier molecular flexibility index (Phi) is 2.87. The minimum atomic E-state index is 0.0296. The van der Waals surface area contributed by atoms with E-state index in [1.54, 1.807) is 11.0 Å². The first kappa shape index (κ1) is 11.0. The van der Waals surface area contributed by atoms with Gasteiger partial charge in [0.05, 0.1) is 23.0 Å². The first-order chi connectivity index (χ1) is 7.59. The summed E-state index contributed by atoms with van der Waals surface area (Å²) >= 11 is 0. The van der Waals surface area contributed by atoms with Crippen molar-refractivity contribution < 1.29 is 4.79 Å². The summed E-state index contributed by atoms with van der Waals surface area (Å²) in [5, 5.41) is 11.1. The predicted octanol–water partition coefficient (Wildman–Crippen LogP) is 0.137. The number of hydrogen-bond donors (Lipinski definition) is 1. The summed E-state index contributed by atoms with van der Waals surface area (Å²) in [4.78, 5) is 14.0. The lowest BCUT2D eigenvalue weighted by Gasteiger charge is -2.35. The van der Waals surface area contributed by atoms with Crippen LogP contribution >= 0.6 is 0 Å². The molecule has 1 aliphatic rings. The van der Waals surface area contributed by atoms with Gasteiger partial charge in [-0.2, -0.15) is 10.2 Å². The summed E-state index contributed by atoms with van der Waals surface area (Å²) in [7, 11) is 1.84. The Morgan fingerprint density at radius 2 is 2.12 bits per heavy atom. The zero-order valence-electron chi connectivity index (χ0n) is 9.82. The third-order valence-corrected chi connectivity index (χ3v) is 2.96. The van der Waals surface area contributed by atoms with Crippen LogP contribution in [-0.2, 0) is 0 Å². The normalized spacial score (nSPS) is 15.7. The van der Waals surface area contributed by atoms with Crippen LogP contribution in [0.3, 0.4) is 0 Å². The maximum atomic E-state index is 12.2. The highest BCUT2D eigenvalue weighted by Crippen LogP contribution is 2.12. The monoisotopic (exact) mass is 220 g/mol. The number of carbonyl (C=O) groups is 1. The lowest BCUT2D eigenvalue weighted by molar-refractivity contribution is 0.0679. The molecule has 86 valence electrons. The van der Waals surface area contributed by atoms with E-state index in [1.165, 1.54) is 0 Å². The van der Waals surface area contributed by atoms with E-state index in [-0.39, 0.29) is 5.91 Å². The van der Waals surface area contributed by atoms with Crippen molar-refractivity contribution in [2.45, 2.75) is 19.9 Å². The van der Waals surface area contributed by atoms with E-state index in [2.05, 4.69) is 15.5 Å². The summed E-state index contributed by atoms with van der Waals surface area (Å²) in [6.07, 6.45) is 0. The van der Waals surface area contributed by atoms with Crippen LogP contribution in [-0.4, -0.2) is 47.2 Å². The molecule has 2 rings (SSSR count). The summed E-state index contributed by atoms with van der Waals surface area (Å²) in [5.74, 6) is 0.0296. The Labute approximate surface area is 94.9 Å². The molecule has 1 N–H and O–H groups in total. The molecule has 1 saturated heterocycles. The van der Waals surface area contributed by atoms with Crippen LogP contribution in [0, 0.1) is 13.8 Å². The second kappa shape index (κ2) is 4.17. The van der Waals surface area contributed by atoms with Gasteiger partial charge in [-0.15, -0.1) is 0 Å². The minimum Gasteiger partial charge on any atom is -0.336 e. The maximum Gasteiger partial charge on any atom is 0.255 e. The van der Waals surface area contributed by atoms with Gasteiger partial charge in [-0.1, -0.05) is 0 Å². The standard InChI is InChI=1S/C11H16N4O/c1-7-4-10(8(2)14-13-7)11(16)15(3)9-5-12-6-9/h4,9,12H,5-6H2,1-3H3. The molecule has 1 fully saturated rings.